The molecule has 0 aromatic heterocycles. The zero-order valence-electron chi connectivity index (χ0n) is 15.6. The third kappa shape index (κ3) is 5.61. The number of carboxylic acids is 1. The zero-order valence-corrected chi connectivity index (χ0v) is 15.6. The van der Waals surface area contributed by atoms with Crippen LogP contribution >= 0.6 is 0 Å². The number of benzene rings is 2. The molecule has 0 saturated carbocycles. The first kappa shape index (κ1) is 20.1. The smallest absolute Gasteiger partial charge is 0.303 e. The Kier molecular flexibility index (Phi) is 7.45. The molecule has 0 radical (unpaired) electrons. The second kappa shape index (κ2) is 10.0. The molecule has 2 aromatic rings. The summed E-state index contributed by atoms with van der Waals surface area (Å²) < 4.78 is 10.7. The van der Waals surface area contributed by atoms with Crippen LogP contribution in [0.3, 0.4) is 0 Å². The number of carbonyl (C=O) groups is 1. The van der Waals surface area contributed by atoms with Gasteiger partial charge in [-0.25, -0.2) is 0 Å². The molecular weight excluding hydrogens is 342 g/mol. The Hall–Kier alpha value is -3.26. The summed E-state index contributed by atoms with van der Waals surface area (Å²) in [6, 6.07) is 17.3. The molecule has 0 aliphatic heterocycles. The van der Waals surface area contributed by atoms with E-state index >= 15 is 0 Å². The number of allylic oxidation sites excluding steroid dienone is 1. The van der Waals surface area contributed by atoms with E-state index in [9.17, 15) is 10.1 Å². The first-order valence-corrected chi connectivity index (χ1v) is 8.81. The van der Waals surface area contributed by atoms with Crippen molar-refractivity contribution in [2.45, 2.75) is 26.2 Å². The van der Waals surface area contributed by atoms with Crippen LogP contribution in [0.25, 0.3) is 5.57 Å². The Morgan fingerprint density at radius 1 is 1.00 bits per heavy atom. The summed E-state index contributed by atoms with van der Waals surface area (Å²) in [6.45, 7) is 2.51. The summed E-state index contributed by atoms with van der Waals surface area (Å²) in [5, 5.41) is 18.6. The summed E-state index contributed by atoms with van der Waals surface area (Å²) in [5.41, 5.74) is 3.13. The van der Waals surface area contributed by atoms with Crippen LogP contribution in [0.2, 0.25) is 0 Å². The molecule has 140 valence electrons. The molecule has 5 nitrogen and oxygen atoms in total. The van der Waals surface area contributed by atoms with Crippen LogP contribution in [-0.2, 0) is 4.79 Å². The summed E-state index contributed by atoms with van der Waals surface area (Å²) >= 11 is 0. The number of hydrogen-bond donors (Lipinski definition) is 1. The Morgan fingerprint density at radius 3 is 2.00 bits per heavy atom. The maximum atomic E-state index is 10.8. The van der Waals surface area contributed by atoms with Crippen molar-refractivity contribution in [3.05, 3.63) is 65.2 Å². The highest BCUT2D eigenvalue weighted by Crippen LogP contribution is 2.31. The molecule has 5 heteroatoms. The van der Waals surface area contributed by atoms with Crippen molar-refractivity contribution in [2.24, 2.45) is 0 Å². The summed E-state index contributed by atoms with van der Waals surface area (Å²) in [5.74, 6) is 0.633. The molecule has 27 heavy (non-hydrogen) atoms. The number of ether oxygens (including phenoxy) is 2. The first-order chi connectivity index (χ1) is 13.1. The number of aliphatic carboxylic acids is 1. The highest BCUT2D eigenvalue weighted by Gasteiger charge is 2.13. The second-order valence-electron chi connectivity index (χ2n) is 5.90. The van der Waals surface area contributed by atoms with Gasteiger partial charge in [-0.05, 0) is 55.2 Å². The third-order valence-electron chi connectivity index (χ3n) is 4.09. The van der Waals surface area contributed by atoms with Gasteiger partial charge in [-0.3, -0.25) is 4.79 Å². The molecule has 2 rings (SSSR count). The number of rotatable bonds is 9. The van der Waals surface area contributed by atoms with Crippen molar-refractivity contribution < 1.29 is 19.4 Å². The highest BCUT2D eigenvalue weighted by atomic mass is 16.5. The largest absolute Gasteiger partial charge is 0.497 e. The monoisotopic (exact) mass is 365 g/mol. The van der Waals surface area contributed by atoms with Crippen LogP contribution in [0.5, 0.6) is 11.5 Å². The van der Waals surface area contributed by atoms with Gasteiger partial charge in [-0.1, -0.05) is 24.3 Å². The fourth-order valence-electron chi connectivity index (χ4n) is 2.81. The van der Waals surface area contributed by atoms with Crippen LogP contribution in [-0.4, -0.2) is 24.8 Å². The average molecular weight is 365 g/mol. The minimum atomic E-state index is -0.862. The van der Waals surface area contributed by atoms with Gasteiger partial charge in [0.15, 0.2) is 0 Å². The number of carboxylic acid groups (broad SMARTS) is 1. The van der Waals surface area contributed by atoms with E-state index in [1.54, 1.807) is 7.11 Å². The first-order valence-electron chi connectivity index (χ1n) is 8.81. The third-order valence-corrected chi connectivity index (χ3v) is 4.09. The normalized spacial score (nSPS) is 11.3. The summed E-state index contributed by atoms with van der Waals surface area (Å²) in [6.07, 6.45) is 0.844. The van der Waals surface area contributed by atoms with Crippen molar-refractivity contribution >= 4 is 11.5 Å². The Bertz CT molecular complexity index is 830. The lowest BCUT2D eigenvalue weighted by molar-refractivity contribution is -0.137. The van der Waals surface area contributed by atoms with E-state index in [0.29, 0.717) is 25.0 Å². The lowest BCUT2D eigenvalue weighted by Crippen LogP contribution is -1.98. The van der Waals surface area contributed by atoms with Gasteiger partial charge in [0.1, 0.15) is 11.5 Å². The number of nitrogens with zero attached hydrogens (tertiary/aromatic N) is 1. The average Bonchev–Trinajstić information content (AvgIpc) is 2.68. The Balaban J connectivity index is 2.47. The standard InChI is InChI=1S/C22H23NO4/c1-3-27-20-13-9-17(10-14-20)22(16-7-11-19(26-2)12-8-16)18(15-23)5-4-6-21(24)25/h7-14H,3-6H2,1-2H3,(H,24,25)/b22-18+. The lowest BCUT2D eigenvalue weighted by Gasteiger charge is -2.13. The molecule has 0 saturated heterocycles. The quantitative estimate of drug-likeness (QED) is 0.653. The van der Waals surface area contributed by atoms with Crippen molar-refractivity contribution in [3.63, 3.8) is 0 Å². The molecule has 0 atom stereocenters. The fraction of sp³-hybridized carbons (Fsp3) is 0.273. The van der Waals surface area contributed by atoms with Crippen LogP contribution in [0.1, 0.15) is 37.3 Å². The maximum absolute atomic E-state index is 10.8. The molecular formula is C22H23NO4. The van der Waals surface area contributed by atoms with Gasteiger partial charge in [0.05, 0.1) is 19.8 Å². The molecule has 2 aromatic carbocycles. The fourth-order valence-corrected chi connectivity index (χ4v) is 2.81. The predicted molar refractivity (Wildman–Crippen MR) is 104 cm³/mol. The Morgan fingerprint density at radius 2 is 1.56 bits per heavy atom. The molecule has 1 N–H and O–H groups in total. The summed E-state index contributed by atoms with van der Waals surface area (Å²) in [4.78, 5) is 10.8. The molecule has 0 heterocycles. The van der Waals surface area contributed by atoms with Crippen LogP contribution in [0.15, 0.2) is 54.1 Å². The van der Waals surface area contributed by atoms with E-state index in [4.69, 9.17) is 14.6 Å². The van der Waals surface area contributed by atoms with Gasteiger partial charge in [0.2, 0.25) is 0 Å². The van der Waals surface area contributed by atoms with Gasteiger partial charge in [-0.15, -0.1) is 0 Å². The van der Waals surface area contributed by atoms with Crippen LogP contribution in [0.4, 0.5) is 0 Å². The topological polar surface area (TPSA) is 79.5 Å². The predicted octanol–water partition coefficient (Wildman–Crippen LogP) is 4.67. The zero-order chi connectivity index (χ0) is 19.6. The van der Waals surface area contributed by atoms with E-state index in [1.165, 1.54) is 0 Å². The lowest BCUT2D eigenvalue weighted by atomic mass is 9.91. The minimum Gasteiger partial charge on any atom is -0.497 e. The van der Waals surface area contributed by atoms with E-state index < -0.39 is 5.97 Å². The molecule has 0 fully saturated rings. The SMILES string of the molecule is CCOc1ccc(/C(=C(/C#N)CCCC(=O)O)c2ccc(OC)cc2)cc1. The minimum absolute atomic E-state index is 0.0321. The number of methoxy groups -OCH3 is 1. The molecule has 0 spiro atoms. The van der Waals surface area contributed by atoms with E-state index in [2.05, 4.69) is 6.07 Å². The van der Waals surface area contributed by atoms with Gasteiger partial charge < -0.3 is 14.6 Å². The summed E-state index contributed by atoms with van der Waals surface area (Å²) in [7, 11) is 1.60. The maximum Gasteiger partial charge on any atom is 0.303 e. The van der Waals surface area contributed by atoms with Crippen molar-refractivity contribution in [2.75, 3.05) is 13.7 Å². The highest BCUT2D eigenvalue weighted by molar-refractivity contribution is 5.84. The molecule has 0 amide bonds. The van der Waals surface area contributed by atoms with E-state index in [0.717, 1.165) is 28.2 Å². The molecule has 0 aliphatic carbocycles. The Labute approximate surface area is 159 Å². The van der Waals surface area contributed by atoms with Gasteiger partial charge in [-0.2, -0.15) is 5.26 Å². The van der Waals surface area contributed by atoms with Gasteiger partial charge in [0.25, 0.3) is 0 Å². The van der Waals surface area contributed by atoms with Crippen molar-refractivity contribution in [1.29, 1.82) is 5.26 Å². The van der Waals surface area contributed by atoms with Crippen molar-refractivity contribution in [3.8, 4) is 17.6 Å². The number of hydrogen-bond acceptors (Lipinski definition) is 4. The molecule has 0 bridgehead atoms. The van der Waals surface area contributed by atoms with E-state index in [1.807, 2.05) is 55.5 Å². The van der Waals surface area contributed by atoms with Crippen molar-refractivity contribution in [1.82, 2.24) is 0 Å². The molecule has 0 unspecified atom stereocenters. The van der Waals surface area contributed by atoms with Crippen LogP contribution < -0.4 is 9.47 Å². The number of nitriles is 1. The molecule has 0 aliphatic rings. The van der Waals surface area contributed by atoms with Crippen LogP contribution in [0, 0.1) is 11.3 Å². The van der Waals surface area contributed by atoms with Gasteiger partial charge in [0, 0.05) is 17.6 Å². The second-order valence-corrected chi connectivity index (χ2v) is 5.90. The van der Waals surface area contributed by atoms with Gasteiger partial charge >= 0.3 is 5.97 Å². The van der Waals surface area contributed by atoms with E-state index in [-0.39, 0.29) is 6.42 Å².